The Morgan fingerprint density at radius 1 is 1.37 bits per heavy atom. The highest BCUT2D eigenvalue weighted by Gasteiger charge is 2.15. The molecule has 0 aromatic heterocycles. The molecule has 6 nitrogen and oxygen atoms in total. The van der Waals surface area contributed by atoms with E-state index < -0.39 is 22.0 Å². The molecule has 0 saturated carbocycles. The van der Waals surface area contributed by atoms with Crippen LogP contribution in [-0.2, 0) is 19.6 Å². The first-order valence-electron chi connectivity index (χ1n) is 5.79. The summed E-state index contributed by atoms with van der Waals surface area (Å²) in [5.74, 6) is -0.862. The minimum absolute atomic E-state index is 0.0908. The first-order valence-corrected chi connectivity index (χ1v) is 7.44. The molecule has 1 aromatic rings. The van der Waals surface area contributed by atoms with Gasteiger partial charge in [0.1, 0.15) is 0 Å². The summed E-state index contributed by atoms with van der Waals surface area (Å²) in [5, 5.41) is 0. The van der Waals surface area contributed by atoms with Gasteiger partial charge in [-0.3, -0.25) is 4.79 Å². The molecule has 1 unspecified atom stereocenters. The Balaban J connectivity index is 2.45. The van der Waals surface area contributed by atoms with Gasteiger partial charge in [-0.25, -0.2) is 13.1 Å². The van der Waals surface area contributed by atoms with Gasteiger partial charge in [-0.05, 0) is 5.56 Å². The van der Waals surface area contributed by atoms with Crippen molar-refractivity contribution >= 4 is 16.0 Å². The van der Waals surface area contributed by atoms with Gasteiger partial charge in [0, 0.05) is 12.6 Å². The monoisotopic (exact) mass is 286 g/mol. The summed E-state index contributed by atoms with van der Waals surface area (Å²) in [6.07, 6.45) is -0.174. The lowest BCUT2D eigenvalue weighted by Crippen LogP contribution is -2.34. The first-order chi connectivity index (χ1) is 8.94. The highest BCUT2D eigenvalue weighted by atomic mass is 32.2. The van der Waals surface area contributed by atoms with Crippen LogP contribution in [0.2, 0.25) is 0 Å². The van der Waals surface area contributed by atoms with Gasteiger partial charge in [-0.15, -0.1) is 0 Å². The molecule has 0 aliphatic rings. The smallest absolute Gasteiger partial charge is 0.306 e. The number of carbonyl (C=O) groups excluding carboxylic acids is 1. The van der Waals surface area contributed by atoms with Crippen molar-refractivity contribution < 1.29 is 17.9 Å². The molecule has 0 spiro atoms. The molecule has 7 heteroatoms. The lowest BCUT2D eigenvalue weighted by Gasteiger charge is -2.13. The van der Waals surface area contributed by atoms with Gasteiger partial charge in [-0.1, -0.05) is 30.3 Å². The third kappa shape index (κ3) is 5.82. The second kappa shape index (κ2) is 7.22. The van der Waals surface area contributed by atoms with Crippen molar-refractivity contribution in [3.05, 3.63) is 35.9 Å². The molecule has 0 amide bonds. The van der Waals surface area contributed by atoms with Crippen LogP contribution in [0.4, 0.5) is 0 Å². The van der Waals surface area contributed by atoms with Gasteiger partial charge in [0.15, 0.2) is 0 Å². The zero-order valence-electron chi connectivity index (χ0n) is 10.7. The molecule has 3 N–H and O–H groups in total. The Labute approximate surface area is 113 Å². The van der Waals surface area contributed by atoms with Gasteiger partial charge in [0.05, 0.1) is 19.3 Å². The Bertz CT molecular complexity index is 502. The molecule has 19 heavy (non-hydrogen) atoms. The van der Waals surface area contributed by atoms with Crippen LogP contribution in [0.25, 0.3) is 0 Å². The van der Waals surface area contributed by atoms with E-state index in [0.717, 1.165) is 5.56 Å². The van der Waals surface area contributed by atoms with E-state index >= 15 is 0 Å². The minimum atomic E-state index is -3.52. The third-order valence-corrected chi connectivity index (χ3v) is 3.90. The fraction of sp³-hybridized carbons (Fsp3) is 0.417. The van der Waals surface area contributed by atoms with Gasteiger partial charge >= 0.3 is 5.97 Å². The second-order valence-electron chi connectivity index (χ2n) is 4.01. The van der Waals surface area contributed by atoms with Gasteiger partial charge in [-0.2, -0.15) is 0 Å². The molecule has 0 aliphatic heterocycles. The minimum Gasteiger partial charge on any atom is -0.469 e. The zero-order valence-corrected chi connectivity index (χ0v) is 11.5. The first kappa shape index (κ1) is 15.6. The molecule has 1 atom stereocenters. The van der Waals surface area contributed by atoms with Crippen molar-refractivity contribution in [2.24, 2.45) is 5.73 Å². The molecule has 106 valence electrons. The largest absolute Gasteiger partial charge is 0.469 e. The lowest BCUT2D eigenvalue weighted by molar-refractivity contribution is -0.140. The number of esters is 1. The highest BCUT2D eigenvalue weighted by Crippen LogP contribution is 2.08. The summed E-state index contributed by atoms with van der Waals surface area (Å²) in [5.41, 5.74) is 6.71. The van der Waals surface area contributed by atoms with E-state index in [4.69, 9.17) is 5.73 Å². The SMILES string of the molecule is COC(=O)CCS(=O)(=O)NCC(N)c1ccccc1. The van der Waals surface area contributed by atoms with Crippen molar-refractivity contribution in [3.8, 4) is 0 Å². The maximum absolute atomic E-state index is 11.6. The number of rotatable bonds is 7. The molecule has 0 heterocycles. The fourth-order valence-corrected chi connectivity index (χ4v) is 2.44. The Hall–Kier alpha value is -1.44. The van der Waals surface area contributed by atoms with Crippen LogP contribution in [0.3, 0.4) is 0 Å². The summed E-state index contributed by atoms with van der Waals surface area (Å²) >= 11 is 0. The number of hydrogen-bond donors (Lipinski definition) is 2. The van der Waals surface area contributed by atoms with Gasteiger partial charge < -0.3 is 10.5 Å². The maximum atomic E-state index is 11.6. The van der Waals surface area contributed by atoms with Crippen LogP contribution in [0, 0.1) is 0 Å². The summed E-state index contributed by atoms with van der Waals surface area (Å²) in [6, 6.07) is 8.76. The van der Waals surface area contributed by atoms with E-state index in [9.17, 15) is 13.2 Å². The van der Waals surface area contributed by atoms with Crippen LogP contribution >= 0.6 is 0 Å². The fourth-order valence-electron chi connectivity index (χ4n) is 1.43. The number of methoxy groups -OCH3 is 1. The van der Waals surface area contributed by atoms with Crippen LogP contribution in [-0.4, -0.2) is 33.8 Å². The molecule has 1 rings (SSSR count). The van der Waals surface area contributed by atoms with Crippen molar-refractivity contribution in [3.63, 3.8) is 0 Å². The van der Waals surface area contributed by atoms with Crippen molar-refractivity contribution in [2.75, 3.05) is 19.4 Å². The number of sulfonamides is 1. The number of nitrogens with one attached hydrogen (secondary N) is 1. The lowest BCUT2D eigenvalue weighted by atomic mass is 10.1. The van der Waals surface area contributed by atoms with Crippen molar-refractivity contribution in [2.45, 2.75) is 12.5 Å². The number of hydrogen-bond acceptors (Lipinski definition) is 5. The van der Waals surface area contributed by atoms with E-state index in [-0.39, 0.29) is 18.7 Å². The van der Waals surface area contributed by atoms with E-state index in [1.807, 2.05) is 30.3 Å². The van der Waals surface area contributed by atoms with Crippen LogP contribution in [0.1, 0.15) is 18.0 Å². The Morgan fingerprint density at radius 2 is 2.00 bits per heavy atom. The van der Waals surface area contributed by atoms with Gasteiger partial charge in [0.25, 0.3) is 0 Å². The van der Waals surface area contributed by atoms with Crippen molar-refractivity contribution in [1.29, 1.82) is 0 Å². The number of benzene rings is 1. The van der Waals surface area contributed by atoms with E-state index in [0.29, 0.717) is 0 Å². The molecular formula is C12H18N2O4S. The number of nitrogens with two attached hydrogens (primary N) is 1. The van der Waals surface area contributed by atoms with E-state index in [2.05, 4.69) is 9.46 Å². The summed E-state index contributed by atoms with van der Waals surface area (Å²) in [6.45, 7) is 0.0908. The molecule has 1 aromatic carbocycles. The molecule has 0 fully saturated rings. The summed E-state index contributed by atoms with van der Waals surface area (Å²) < 4.78 is 30.0. The predicted octanol–water partition coefficient (Wildman–Crippen LogP) is 0.169. The highest BCUT2D eigenvalue weighted by molar-refractivity contribution is 7.89. The molecular weight excluding hydrogens is 268 g/mol. The van der Waals surface area contributed by atoms with Gasteiger partial charge in [0.2, 0.25) is 10.0 Å². The molecule has 0 aliphatic carbocycles. The van der Waals surface area contributed by atoms with Crippen LogP contribution < -0.4 is 10.5 Å². The van der Waals surface area contributed by atoms with Crippen LogP contribution in [0.5, 0.6) is 0 Å². The average molecular weight is 286 g/mol. The van der Waals surface area contributed by atoms with Crippen LogP contribution in [0.15, 0.2) is 30.3 Å². The normalized spacial score (nSPS) is 12.9. The molecule has 0 bridgehead atoms. The number of ether oxygens (including phenoxy) is 1. The number of carbonyl (C=O) groups is 1. The standard InChI is InChI=1S/C12H18N2O4S/c1-18-12(15)7-8-19(16,17)14-9-11(13)10-5-3-2-4-6-10/h2-6,11,14H,7-9,13H2,1H3. The zero-order chi connectivity index (χ0) is 14.3. The second-order valence-corrected chi connectivity index (χ2v) is 5.94. The topological polar surface area (TPSA) is 98.5 Å². The van der Waals surface area contributed by atoms with Crippen molar-refractivity contribution in [1.82, 2.24) is 4.72 Å². The maximum Gasteiger partial charge on any atom is 0.306 e. The Morgan fingerprint density at radius 3 is 2.58 bits per heavy atom. The summed E-state index contributed by atoms with van der Waals surface area (Å²) in [4.78, 5) is 10.9. The molecule has 0 radical (unpaired) electrons. The van der Waals surface area contributed by atoms with E-state index in [1.54, 1.807) is 0 Å². The molecule has 0 saturated heterocycles. The third-order valence-electron chi connectivity index (χ3n) is 2.55. The quantitative estimate of drug-likeness (QED) is 0.696. The average Bonchev–Trinajstić information content (AvgIpc) is 2.43. The van der Waals surface area contributed by atoms with E-state index in [1.165, 1.54) is 7.11 Å². The Kier molecular flexibility index (Phi) is 5.94. The summed E-state index contributed by atoms with van der Waals surface area (Å²) in [7, 11) is -2.30. The predicted molar refractivity (Wildman–Crippen MR) is 71.8 cm³/mol.